The summed E-state index contributed by atoms with van der Waals surface area (Å²) in [6, 6.07) is 12.1. The SMILES string of the molecule is Cc1ccc(-c2cc(-c3ccc(F)cc3)nn2CCNC(=O)CCn2cc(C)cn2)nc1. The molecule has 3 aromatic heterocycles. The molecule has 4 aromatic rings. The Kier molecular flexibility index (Phi) is 6.39. The van der Waals surface area contributed by atoms with Crippen molar-refractivity contribution in [2.45, 2.75) is 33.4 Å². The number of amides is 1. The molecule has 164 valence electrons. The van der Waals surface area contributed by atoms with Gasteiger partial charge in [-0.2, -0.15) is 10.2 Å². The van der Waals surface area contributed by atoms with E-state index in [4.69, 9.17) is 5.10 Å². The van der Waals surface area contributed by atoms with Gasteiger partial charge in [0.05, 0.1) is 29.8 Å². The van der Waals surface area contributed by atoms with E-state index in [0.29, 0.717) is 26.1 Å². The van der Waals surface area contributed by atoms with Crippen LogP contribution in [0.25, 0.3) is 22.6 Å². The van der Waals surface area contributed by atoms with Gasteiger partial charge in [-0.05, 0) is 61.4 Å². The summed E-state index contributed by atoms with van der Waals surface area (Å²) in [5.74, 6) is -0.333. The van der Waals surface area contributed by atoms with Crippen molar-refractivity contribution in [2.75, 3.05) is 6.54 Å². The Morgan fingerprint density at radius 1 is 1.00 bits per heavy atom. The summed E-state index contributed by atoms with van der Waals surface area (Å²) in [6.07, 6.45) is 5.85. The van der Waals surface area contributed by atoms with Crippen LogP contribution in [-0.2, 0) is 17.9 Å². The molecule has 1 aromatic carbocycles. The van der Waals surface area contributed by atoms with E-state index in [0.717, 1.165) is 33.8 Å². The van der Waals surface area contributed by atoms with Gasteiger partial charge in [-0.15, -0.1) is 0 Å². The zero-order chi connectivity index (χ0) is 22.5. The number of nitrogens with one attached hydrogen (secondary N) is 1. The monoisotopic (exact) mass is 432 g/mol. The standard InChI is InChI=1S/C24H25FN6O/c1-17-3-8-21(27-14-17)23-13-22(19-4-6-20(25)7-5-19)29-31(23)12-10-26-24(32)9-11-30-16-18(2)15-28-30/h3-8,13-16H,9-12H2,1-2H3,(H,26,32). The van der Waals surface area contributed by atoms with Crippen LogP contribution in [0, 0.1) is 19.7 Å². The molecule has 8 heteroatoms. The Morgan fingerprint density at radius 2 is 1.81 bits per heavy atom. The summed E-state index contributed by atoms with van der Waals surface area (Å²) in [5.41, 5.74) is 5.30. The van der Waals surface area contributed by atoms with Gasteiger partial charge in [-0.25, -0.2) is 4.39 Å². The molecule has 7 nitrogen and oxygen atoms in total. The molecular formula is C24H25FN6O. The highest BCUT2D eigenvalue weighted by Gasteiger charge is 2.13. The zero-order valence-corrected chi connectivity index (χ0v) is 18.1. The van der Waals surface area contributed by atoms with Crippen LogP contribution < -0.4 is 5.32 Å². The van der Waals surface area contributed by atoms with E-state index in [1.54, 1.807) is 23.0 Å². The maximum absolute atomic E-state index is 13.3. The maximum atomic E-state index is 13.3. The van der Waals surface area contributed by atoms with Crippen molar-refractivity contribution in [3.8, 4) is 22.6 Å². The molecule has 0 aliphatic rings. The van der Waals surface area contributed by atoms with Crippen LogP contribution in [0.3, 0.4) is 0 Å². The van der Waals surface area contributed by atoms with Crippen LogP contribution in [0.4, 0.5) is 4.39 Å². The molecule has 0 bridgehead atoms. The lowest BCUT2D eigenvalue weighted by Crippen LogP contribution is -2.28. The van der Waals surface area contributed by atoms with Crippen LogP contribution in [0.2, 0.25) is 0 Å². The van der Waals surface area contributed by atoms with Gasteiger partial charge in [-0.3, -0.25) is 19.1 Å². The minimum absolute atomic E-state index is 0.0425. The summed E-state index contributed by atoms with van der Waals surface area (Å²) in [7, 11) is 0. The Hall–Kier alpha value is -3.81. The molecule has 3 heterocycles. The van der Waals surface area contributed by atoms with Gasteiger partial charge < -0.3 is 5.32 Å². The van der Waals surface area contributed by atoms with Crippen LogP contribution in [0.15, 0.2) is 61.1 Å². The number of aryl methyl sites for hydroxylation is 3. The molecule has 0 saturated carbocycles. The molecule has 1 amide bonds. The Labute approximate surface area is 185 Å². The molecule has 1 N–H and O–H groups in total. The van der Waals surface area contributed by atoms with Crippen molar-refractivity contribution in [1.82, 2.24) is 29.9 Å². The normalized spacial score (nSPS) is 11.0. The number of halogens is 1. The van der Waals surface area contributed by atoms with E-state index < -0.39 is 0 Å². The molecule has 0 radical (unpaired) electrons. The third-order valence-corrected chi connectivity index (χ3v) is 5.07. The van der Waals surface area contributed by atoms with E-state index in [2.05, 4.69) is 15.4 Å². The first-order valence-corrected chi connectivity index (χ1v) is 10.5. The summed E-state index contributed by atoms with van der Waals surface area (Å²) < 4.78 is 16.9. The molecule has 0 aliphatic heterocycles. The third-order valence-electron chi connectivity index (χ3n) is 5.07. The fraction of sp³-hybridized carbons (Fsp3) is 0.250. The number of aromatic nitrogens is 5. The van der Waals surface area contributed by atoms with Gasteiger partial charge in [0.15, 0.2) is 0 Å². The Balaban J connectivity index is 1.45. The summed E-state index contributed by atoms with van der Waals surface area (Å²) in [6.45, 7) is 5.40. The topological polar surface area (TPSA) is 77.6 Å². The number of nitrogens with zero attached hydrogens (tertiary/aromatic N) is 5. The van der Waals surface area contributed by atoms with Gasteiger partial charge >= 0.3 is 0 Å². The van der Waals surface area contributed by atoms with Crippen LogP contribution in [0.1, 0.15) is 17.5 Å². The number of carbonyl (C=O) groups is 1. The molecule has 0 aliphatic carbocycles. The molecule has 32 heavy (non-hydrogen) atoms. The van der Waals surface area contributed by atoms with Gasteiger partial charge in [-0.1, -0.05) is 6.07 Å². The fourth-order valence-electron chi connectivity index (χ4n) is 3.37. The number of hydrogen-bond donors (Lipinski definition) is 1. The lowest BCUT2D eigenvalue weighted by atomic mass is 10.1. The summed E-state index contributed by atoms with van der Waals surface area (Å²) in [4.78, 5) is 16.8. The van der Waals surface area contributed by atoms with Crippen molar-refractivity contribution in [3.05, 3.63) is 78.0 Å². The maximum Gasteiger partial charge on any atom is 0.221 e. The number of rotatable bonds is 8. The lowest BCUT2D eigenvalue weighted by molar-refractivity contribution is -0.121. The second-order valence-corrected chi connectivity index (χ2v) is 7.75. The minimum atomic E-state index is -0.290. The lowest BCUT2D eigenvalue weighted by Gasteiger charge is -2.09. The van der Waals surface area contributed by atoms with E-state index in [-0.39, 0.29) is 11.7 Å². The average molecular weight is 433 g/mol. The van der Waals surface area contributed by atoms with Crippen molar-refractivity contribution < 1.29 is 9.18 Å². The number of benzene rings is 1. The van der Waals surface area contributed by atoms with Crippen molar-refractivity contribution in [2.24, 2.45) is 0 Å². The highest BCUT2D eigenvalue weighted by Crippen LogP contribution is 2.25. The molecule has 0 saturated heterocycles. The molecule has 0 atom stereocenters. The fourth-order valence-corrected chi connectivity index (χ4v) is 3.37. The highest BCUT2D eigenvalue weighted by molar-refractivity contribution is 5.75. The predicted octanol–water partition coefficient (Wildman–Crippen LogP) is 3.77. The van der Waals surface area contributed by atoms with E-state index in [9.17, 15) is 9.18 Å². The number of carbonyl (C=O) groups excluding carboxylic acids is 1. The number of hydrogen-bond acceptors (Lipinski definition) is 4. The molecule has 4 rings (SSSR count). The summed E-state index contributed by atoms with van der Waals surface area (Å²) in [5, 5.41) is 11.8. The van der Waals surface area contributed by atoms with Gasteiger partial charge in [0.2, 0.25) is 5.91 Å². The predicted molar refractivity (Wildman–Crippen MR) is 120 cm³/mol. The number of pyridine rings is 1. The highest BCUT2D eigenvalue weighted by atomic mass is 19.1. The van der Waals surface area contributed by atoms with Crippen LogP contribution >= 0.6 is 0 Å². The van der Waals surface area contributed by atoms with Gasteiger partial charge in [0.25, 0.3) is 0 Å². The molecule has 0 spiro atoms. The van der Waals surface area contributed by atoms with E-state index in [1.807, 2.05) is 49.1 Å². The molecular weight excluding hydrogens is 407 g/mol. The van der Waals surface area contributed by atoms with Crippen LogP contribution in [0.5, 0.6) is 0 Å². The second kappa shape index (κ2) is 9.55. The van der Waals surface area contributed by atoms with E-state index in [1.165, 1.54) is 12.1 Å². The average Bonchev–Trinajstić information content (AvgIpc) is 3.40. The zero-order valence-electron chi connectivity index (χ0n) is 18.1. The van der Waals surface area contributed by atoms with E-state index >= 15 is 0 Å². The van der Waals surface area contributed by atoms with Crippen molar-refractivity contribution in [1.29, 1.82) is 0 Å². The second-order valence-electron chi connectivity index (χ2n) is 7.75. The molecule has 0 fully saturated rings. The van der Waals surface area contributed by atoms with Crippen molar-refractivity contribution >= 4 is 5.91 Å². The largest absolute Gasteiger partial charge is 0.354 e. The first-order chi connectivity index (χ1) is 15.5. The molecule has 0 unspecified atom stereocenters. The van der Waals surface area contributed by atoms with Crippen LogP contribution in [-0.4, -0.2) is 37.0 Å². The third kappa shape index (κ3) is 5.26. The minimum Gasteiger partial charge on any atom is -0.354 e. The van der Waals surface area contributed by atoms with Gasteiger partial charge in [0, 0.05) is 37.5 Å². The smallest absolute Gasteiger partial charge is 0.221 e. The quantitative estimate of drug-likeness (QED) is 0.460. The first kappa shape index (κ1) is 21.4. The van der Waals surface area contributed by atoms with Gasteiger partial charge in [0.1, 0.15) is 5.82 Å². The first-order valence-electron chi connectivity index (χ1n) is 10.5. The Morgan fingerprint density at radius 3 is 2.50 bits per heavy atom. The van der Waals surface area contributed by atoms with Crippen molar-refractivity contribution in [3.63, 3.8) is 0 Å². The summed E-state index contributed by atoms with van der Waals surface area (Å²) >= 11 is 0. The Bertz CT molecular complexity index is 1190.